The van der Waals surface area contributed by atoms with Crippen LogP contribution in [-0.2, 0) is 11.3 Å². The van der Waals surface area contributed by atoms with Gasteiger partial charge < -0.3 is 14.9 Å². The van der Waals surface area contributed by atoms with E-state index in [1.165, 1.54) is 0 Å². The van der Waals surface area contributed by atoms with Crippen LogP contribution in [0.25, 0.3) is 11.1 Å². The van der Waals surface area contributed by atoms with Crippen molar-refractivity contribution in [3.63, 3.8) is 0 Å². The maximum absolute atomic E-state index is 12.7. The Morgan fingerprint density at radius 1 is 1.00 bits per heavy atom. The molecule has 0 bridgehead atoms. The quantitative estimate of drug-likeness (QED) is 0.743. The fourth-order valence-corrected chi connectivity index (χ4v) is 3.89. The number of carbonyl (C=O) groups excluding carboxylic acids is 1. The Morgan fingerprint density at radius 3 is 2.34 bits per heavy atom. The lowest BCUT2D eigenvalue weighted by Crippen LogP contribution is -2.49. The van der Waals surface area contributed by atoms with E-state index < -0.39 is 0 Å². The zero-order valence-corrected chi connectivity index (χ0v) is 16.9. The number of hydrogen-bond acceptors (Lipinski definition) is 4. The van der Waals surface area contributed by atoms with Gasteiger partial charge >= 0.3 is 0 Å². The van der Waals surface area contributed by atoms with Gasteiger partial charge in [-0.25, -0.2) is 0 Å². The molecule has 3 aromatic rings. The molecule has 29 heavy (non-hydrogen) atoms. The molecular formula is C23H26N4O2. The highest BCUT2D eigenvalue weighted by atomic mass is 16.3. The third kappa shape index (κ3) is 4.11. The van der Waals surface area contributed by atoms with Gasteiger partial charge in [0.15, 0.2) is 0 Å². The third-order valence-corrected chi connectivity index (χ3v) is 5.44. The summed E-state index contributed by atoms with van der Waals surface area (Å²) in [5, 5.41) is 14.0. The number of hydrogen-bond donors (Lipinski definition) is 1. The van der Waals surface area contributed by atoms with Gasteiger partial charge in [-0.1, -0.05) is 30.3 Å². The number of anilines is 1. The van der Waals surface area contributed by atoms with Gasteiger partial charge in [0.05, 0.1) is 5.69 Å². The average Bonchev–Trinajstić information content (AvgIpc) is 3.05. The van der Waals surface area contributed by atoms with Crippen LogP contribution in [0.3, 0.4) is 0 Å². The van der Waals surface area contributed by atoms with Crippen molar-refractivity contribution in [3.8, 4) is 16.9 Å². The summed E-state index contributed by atoms with van der Waals surface area (Å²) in [6, 6.07) is 17.6. The molecule has 1 N–H and O–H groups in total. The molecule has 0 spiro atoms. The molecule has 1 saturated heterocycles. The highest BCUT2D eigenvalue weighted by Crippen LogP contribution is 2.32. The fraction of sp³-hybridized carbons (Fsp3) is 0.304. The van der Waals surface area contributed by atoms with Crippen molar-refractivity contribution in [3.05, 3.63) is 66.0 Å². The summed E-state index contributed by atoms with van der Waals surface area (Å²) in [5.41, 5.74) is 5.31. The van der Waals surface area contributed by atoms with Crippen molar-refractivity contribution in [2.45, 2.75) is 20.4 Å². The van der Waals surface area contributed by atoms with Gasteiger partial charge in [-0.3, -0.25) is 9.48 Å². The molecule has 1 amide bonds. The van der Waals surface area contributed by atoms with Crippen LogP contribution in [0, 0.1) is 13.8 Å². The minimum absolute atomic E-state index is 0.114. The summed E-state index contributed by atoms with van der Waals surface area (Å²) in [6.45, 7) is 7.19. The zero-order valence-electron chi connectivity index (χ0n) is 16.9. The van der Waals surface area contributed by atoms with Crippen molar-refractivity contribution in [1.29, 1.82) is 0 Å². The summed E-state index contributed by atoms with van der Waals surface area (Å²) in [5.74, 6) is 0.378. The zero-order chi connectivity index (χ0) is 20.4. The maximum atomic E-state index is 12.7. The number of aromatic nitrogens is 2. The van der Waals surface area contributed by atoms with Crippen molar-refractivity contribution < 1.29 is 9.90 Å². The van der Waals surface area contributed by atoms with Crippen molar-refractivity contribution in [2.75, 3.05) is 31.1 Å². The van der Waals surface area contributed by atoms with E-state index in [4.69, 9.17) is 0 Å². The Bertz CT molecular complexity index is 1000. The van der Waals surface area contributed by atoms with Crippen LogP contribution in [0.5, 0.6) is 5.75 Å². The Morgan fingerprint density at radius 2 is 1.69 bits per heavy atom. The van der Waals surface area contributed by atoms with Gasteiger partial charge in [-0.2, -0.15) is 5.10 Å². The summed E-state index contributed by atoms with van der Waals surface area (Å²) >= 11 is 0. The molecule has 1 aromatic heterocycles. The van der Waals surface area contributed by atoms with E-state index in [-0.39, 0.29) is 11.7 Å². The number of rotatable bonds is 4. The van der Waals surface area contributed by atoms with Crippen LogP contribution >= 0.6 is 0 Å². The van der Waals surface area contributed by atoms with Gasteiger partial charge in [0.1, 0.15) is 12.3 Å². The topological polar surface area (TPSA) is 61.6 Å². The Kier molecular flexibility index (Phi) is 5.25. The van der Waals surface area contributed by atoms with Gasteiger partial charge in [0.2, 0.25) is 5.91 Å². The minimum Gasteiger partial charge on any atom is -0.508 e. The molecule has 6 nitrogen and oxygen atoms in total. The van der Waals surface area contributed by atoms with E-state index in [0.29, 0.717) is 19.6 Å². The monoisotopic (exact) mass is 390 g/mol. The molecule has 0 aliphatic carbocycles. The summed E-state index contributed by atoms with van der Waals surface area (Å²) in [6.07, 6.45) is 0. The Hall–Kier alpha value is -3.28. The standard InChI is InChI=1S/C23H26N4O2/c1-17-15-18(2)27(24-17)16-23(29)26-13-11-25(12-14-26)22-6-4-3-5-21(22)19-7-9-20(28)10-8-19/h3-10,15,28H,11-14,16H2,1-2H3. The van der Waals surface area contributed by atoms with Crippen LogP contribution in [0.2, 0.25) is 0 Å². The Labute approximate surface area is 171 Å². The van der Waals surface area contributed by atoms with Crippen molar-refractivity contribution >= 4 is 11.6 Å². The van der Waals surface area contributed by atoms with Gasteiger partial charge in [-0.05, 0) is 43.7 Å². The van der Waals surface area contributed by atoms with Crippen LogP contribution in [0.1, 0.15) is 11.4 Å². The van der Waals surface area contributed by atoms with Crippen molar-refractivity contribution in [1.82, 2.24) is 14.7 Å². The molecule has 2 heterocycles. The van der Waals surface area contributed by atoms with E-state index >= 15 is 0 Å². The molecule has 4 rings (SSSR count). The summed E-state index contributed by atoms with van der Waals surface area (Å²) in [7, 11) is 0. The number of amides is 1. The number of nitrogens with zero attached hydrogens (tertiary/aromatic N) is 4. The van der Waals surface area contributed by atoms with Gasteiger partial charge in [0.25, 0.3) is 0 Å². The molecule has 1 aliphatic rings. The molecule has 1 fully saturated rings. The highest BCUT2D eigenvalue weighted by molar-refractivity contribution is 5.80. The lowest BCUT2D eigenvalue weighted by Gasteiger charge is -2.37. The van der Waals surface area contributed by atoms with Gasteiger partial charge in [-0.15, -0.1) is 0 Å². The van der Waals surface area contributed by atoms with Crippen LogP contribution < -0.4 is 4.90 Å². The highest BCUT2D eigenvalue weighted by Gasteiger charge is 2.23. The predicted molar refractivity (Wildman–Crippen MR) is 114 cm³/mol. The molecule has 0 radical (unpaired) electrons. The predicted octanol–water partition coefficient (Wildman–Crippen LogP) is 3.22. The molecule has 150 valence electrons. The van der Waals surface area contributed by atoms with E-state index in [9.17, 15) is 9.90 Å². The number of aromatic hydroxyl groups is 1. The molecular weight excluding hydrogens is 364 g/mol. The number of para-hydroxylation sites is 1. The number of phenolic OH excluding ortho intramolecular Hbond substituents is 1. The Balaban J connectivity index is 1.44. The number of aryl methyl sites for hydroxylation is 2. The fourth-order valence-electron chi connectivity index (χ4n) is 3.89. The second-order valence-electron chi connectivity index (χ2n) is 7.52. The average molecular weight is 390 g/mol. The first kappa shape index (κ1) is 19.1. The number of benzene rings is 2. The number of piperazine rings is 1. The largest absolute Gasteiger partial charge is 0.508 e. The SMILES string of the molecule is Cc1cc(C)n(CC(=O)N2CCN(c3ccccc3-c3ccc(O)cc3)CC2)n1. The maximum Gasteiger partial charge on any atom is 0.244 e. The van der Waals surface area contributed by atoms with Crippen LogP contribution in [0.15, 0.2) is 54.6 Å². The number of carbonyl (C=O) groups is 1. The molecule has 0 unspecified atom stereocenters. The third-order valence-electron chi connectivity index (χ3n) is 5.44. The molecule has 1 aliphatic heterocycles. The second kappa shape index (κ2) is 7.99. The lowest BCUT2D eigenvalue weighted by molar-refractivity contribution is -0.132. The normalized spacial score (nSPS) is 14.3. The first-order chi connectivity index (χ1) is 14.0. The summed E-state index contributed by atoms with van der Waals surface area (Å²) < 4.78 is 1.78. The van der Waals surface area contributed by atoms with Gasteiger partial charge in [0, 0.05) is 43.1 Å². The summed E-state index contributed by atoms with van der Waals surface area (Å²) in [4.78, 5) is 17.0. The van der Waals surface area contributed by atoms with E-state index in [1.807, 2.05) is 49.1 Å². The minimum atomic E-state index is 0.114. The van der Waals surface area contributed by atoms with Crippen LogP contribution in [-0.4, -0.2) is 51.9 Å². The lowest BCUT2D eigenvalue weighted by atomic mass is 10.0. The van der Waals surface area contributed by atoms with Crippen LogP contribution in [0.4, 0.5) is 5.69 Å². The molecule has 0 atom stereocenters. The number of phenols is 1. The second-order valence-corrected chi connectivity index (χ2v) is 7.52. The first-order valence-electron chi connectivity index (χ1n) is 9.93. The van der Waals surface area contributed by atoms with E-state index in [0.717, 1.165) is 41.3 Å². The molecule has 2 aromatic carbocycles. The van der Waals surface area contributed by atoms with E-state index in [1.54, 1.807) is 16.8 Å². The van der Waals surface area contributed by atoms with Crippen molar-refractivity contribution in [2.24, 2.45) is 0 Å². The first-order valence-corrected chi connectivity index (χ1v) is 9.93. The smallest absolute Gasteiger partial charge is 0.244 e. The van der Waals surface area contributed by atoms with E-state index in [2.05, 4.69) is 22.1 Å². The molecule has 0 saturated carbocycles. The molecule has 6 heteroatoms.